The number of ketones is 1. The molecule has 3 fully saturated rings. The van der Waals surface area contributed by atoms with Gasteiger partial charge in [0.2, 0.25) is 0 Å². The number of Topliss-reactive ketones (excluding diaryl/α,β-unsaturated/α-hetero) is 1. The predicted molar refractivity (Wildman–Crippen MR) is 48.7 cm³/mol. The minimum atomic E-state index is 0.309. The Morgan fingerprint density at radius 1 is 1.33 bits per heavy atom. The molecule has 0 saturated heterocycles. The summed E-state index contributed by atoms with van der Waals surface area (Å²) in [6.07, 6.45) is 1.16. The minimum absolute atomic E-state index is 0.309. The molecule has 0 heterocycles. The molecule has 4 unspecified atom stereocenters. The molecule has 12 heavy (non-hydrogen) atoms. The molecule has 0 aromatic rings. The van der Waals surface area contributed by atoms with E-state index >= 15 is 0 Å². The first-order valence-electron chi connectivity index (χ1n) is 5.00. The Kier molecular flexibility index (Phi) is 1.47. The summed E-state index contributed by atoms with van der Waals surface area (Å²) in [5.41, 5.74) is 0.309. The van der Waals surface area contributed by atoms with Gasteiger partial charge in [0.1, 0.15) is 5.78 Å². The van der Waals surface area contributed by atoms with E-state index in [2.05, 4.69) is 27.7 Å². The number of hydrogen-bond donors (Lipinski definition) is 0. The second-order valence-electron chi connectivity index (χ2n) is 5.27. The van der Waals surface area contributed by atoms with Crippen LogP contribution in [0.1, 0.15) is 34.1 Å². The molecule has 0 aliphatic heterocycles. The first-order valence-corrected chi connectivity index (χ1v) is 5.00. The molecule has 0 spiro atoms. The molecule has 3 rings (SSSR count). The third-order valence-electron chi connectivity index (χ3n) is 4.56. The van der Waals surface area contributed by atoms with Crippen molar-refractivity contribution in [3.05, 3.63) is 0 Å². The van der Waals surface area contributed by atoms with Crippen molar-refractivity contribution in [2.24, 2.45) is 29.1 Å². The fraction of sp³-hybridized carbons (Fsp3) is 0.909. The van der Waals surface area contributed by atoms with Crippen molar-refractivity contribution in [3.8, 4) is 0 Å². The summed E-state index contributed by atoms with van der Waals surface area (Å²) < 4.78 is 0. The van der Waals surface area contributed by atoms with Gasteiger partial charge in [-0.15, -0.1) is 0 Å². The third kappa shape index (κ3) is 0.725. The van der Waals surface area contributed by atoms with E-state index in [4.69, 9.17) is 0 Å². The maximum atomic E-state index is 11.8. The van der Waals surface area contributed by atoms with Crippen LogP contribution >= 0.6 is 0 Å². The first-order chi connectivity index (χ1) is 5.46. The van der Waals surface area contributed by atoms with Crippen LogP contribution in [0.2, 0.25) is 0 Å². The summed E-state index contributed by atoms with van der Waals surface area (Å²) >= 11 is 0. The van der Waals surface area contributed by atoms with E-state index in [1.807, 2.05) is 0 Å². The maximum absolute atomic E-state index is 11.8. The molecular weight excluding hydrogens is 148 g/mol. The van der Waals surface area contributed by atoms with Crippen molar-refractivity contribution in [3.63, 3.8) is 0 Å². The van der Waals surface area contributed by atoms with Crippen LogP contribution in [0.4, 0.5) is 0 Å². The number of fused-ring (bicyclic) bond motifs is 2. The van der Waals surface area contributed by atoms with Crippen LogP contribution < -0.4 is 0 Å². The Bertz CT molecular complexity index is 229. The lowest BCUT2D eigenvalue weighted by molar-refractivity contribution is -0.166. The van der Waals surface area contributed by atoms with Crippen LogP contribution in [0.15, 0.2) is 0 Å². The van der Waals surface area contributed by atoms with E-state index < -0.39 is 0 Å². The lowest BCUT2D eigenvalue weighted by atomic mass is 9.43. The average Bonchev–Trinajstić information content (AvgIpc) is 1.98. The van der Waals surface area contributed by atoms with Crippen molar-refractivity contribution in [1.29, 1.82) is 0 Å². The van der Waals surface area contributed by atoms with Crippen LogP contribution in [0.5, 0.6) is 0 Å². The highest BCUT2D eigenvalue weighted by molar-refractivity contribution is 5.86. The first kappa shape index (κ1) is 8.28. The van der Waals surface area contributed by atoms with E-state index in [-0.39, 0.29) is 0 Å². The van der Waals surface area contributed by atoms with Crippen molar-refractivity contribution < 1.29 is 4.79 Å². The lowest BCUT2D eigenvalue weighted by Crippen LogP contribution is -2.59. The maximum Gasteiger partial charge on any atom is 0.139 e. The molecule has 0 radical (unpaired) electrons. The summed E-state index contributed by atoms with van der Waals surface area (Å²) in [5.74, 6) is 2.64. The van der Waals surface area contributed by atoms with Crippen molar-refractivity contribution in [1.82, 2.24) is 0 Å². The molecule has 2 bridgehead atoms. The molecule has 0 aromatic carbocycles. The van der Waals surface area contributed by atoms with Gasteiger partial charge in [0.25, 0.3) is 0 Å². The van der Waals surface area contributed by atoms with Crippen LogP contribution in [-0.2, 0) is 4.79 Å². The van der Waals surface area contributed by atoms with Gasteiger partial charge < -0.3 is 0 Å². The normalized spacial score (nSPS) is 50.2. The highest BCUT2D eigenvalue weighted by Gasteiger charge is 2.59. The van der Waals surface area contributed by atoms with Gasteiger partial charge in [0.05, 0.1) is 0 Å². The van der Waals surface area contributed by atoms with Crippen LogP contribution in [-0.4, -0.2) is 5.78 Å². The molecule has 0 N–H and O–H groups in total. The molecule has 0 aromatic heterocycles. The van der Waals surface area contributed by atoms with Crippen LogP contribution in [0.3, 0.4) is 0 Å². The van der Waals surface area contributed by atoms with Gasteiger partial charge >= 0.3 is 0 Å². The number of rotatable bonds is 0. The van der Waals surface area contributed by atoms with Gasteiger partial charge in [-0.2, -0.15) is 0 Å². The van der Waals surface area contributed by atoms with Crippen molar-refractivity contribution in [2.45, 2.75) is 34.1 Å². The molecular formula is C11H18O. The number of hydrogen-bond acceptors (Lipinski definition) is 1. The largest absolute Gasteiger partial charge is 0.299 e. The Morgan fingerprint density at radius 2 is 1.92 bits per heavy atom. The van der Waals surface area contributed by atoms with E-state index in [1.54, 1.807) is 0 Å². The summed E-state index contributed by atoms with van der Waals surface area (Å²) in [6.45, 7) is 8.85. The Hall–Kier alpha value is -0.330. The minimum Gasteiger partial charge on any atom is -0.299 e. The zero-order chi connectivity index (χ0) is 9.09. The molecule has 68 valence electrons. The van der Waals surface area contributed by atoms with Crippen molar-refractivity contribution >= 4 is 5.78 Å². The Balaban J connectivity index is 2.30. The van der Waals surface area contributed by atoms with Gasteiger partial charge in [-0.1, -0.05) is 27.7 Å². The predicted octanol–water partition coefficient (Wildman–Crippen LogP) is 2.50. The molecule has 3 aliphatic carbocycles. The number of carbonyl (C=O) groups excluding carboxylic acids is 1. The average molecular weight is 166 g/mol. The van der Waals surface area contributed by atoms with E-state index in [1.165, 1.54) is 0 Å². The van der Waals surface area contributed by atoms with E-state index in [9.17, 15) is 4.79 Å². The SMILES string of the molecule is CC1C(=O)C2CC(C1C)C2(C)C. The molecule has 3 aliphatic rings. The van der Waals surface area contributed by atoms with Gasteiger partial charge in [-0.05, 0) is 23.7 Å². The van der Waals surface area contributed by atoms with Gasteiger partial charge in [0, 0.05) is 11.8 Å². The summed E-state index contributed by atoms with van der Waals surface area (Å²) in [5, 5.41) is 0. The molecule has 3 saturated carbocycles. The monoisotopic (exact) mass is 166 g/mol. The molecule has 1 nitrogen and oxygen atoms in total. The molecule has 4 atom stereocenters. The zero-order valence-corrected chi connectivity index (χ0v) is 8.42. The quantitative estimate of drug-likeness (QED) is 0.540. The van der Waals surface area contributed by atoms with E-state index in [0.29, 0.717) is 29.0 Å². The smallest absolute Gasteiger partial charge is 0.139 e. The third-order valence-corrected chi connectivity index (χ3v) is 4.56. The lowest BCUT2D eigenvalue weighted by Gasteiger charge is -2.60. The number of carbonyl (C=O) groups is 1. The van der Waals surface area contributed by atoms with Crippen LogP contribution in [0, 0.1) is 29.1 Å². The Labute approximate surface area is 74.5 Å². The second-order valence-corrected chi connectivity index (χ2v) is 5.27. The highest BCUT2D eigenvalue weighted by atomic mass is 16.1. The standard InChI is InChI=1S/C11H18O/c1-6-7(2)10(12)9-5-8(6)11(9,3)4/h6-9H,5H2,1-4H3. The summed E-state index contributed by atoms with van der Waals surface area (Å²) in [4.78, 5) is 11.8. The topological polar surface area (TPSA) is 17.1 Å². The van der Waals surface area contributed by atoms with Gasteiger partial charge in [-0.3, -0.25) is 4.79 Å². The fourth-order valence-electron chi connectivity index (χ4n) is 3.26. The molecule has 1 heteroatoms. The summed E-state index contributed by atoms with van der Waals surface area (Å²) in [7, 11) is 0. The van der Waals surface area contributed by atoms with Crippen LogP contribution in [0.25, 0.3) is 0 Å². The Morgan fingerprint density at radius 3 is 2.33 bits per heavy atom. The fourth-order valence-corrected chi connectivity index (χ4v) is 3.26. The van der Waals surface area contributed by atoms with E-state index in [0.717, 1.165) is 12.3 Å². The zero-order valence-electron chi connectivity index (χ0n) is 8.42. The second kappa shape index (κ2) is 2.12. The van der Waals surface area contributed by atoms with Gasteiger partial charge in [0.15, 0.2) is 0 Å². The molecule has 0 amide bonds. The van der Waals surface area contributed by atoms with Gasteiger partial charge in [-0.25, -0.2) is 0 Å². The summed E-state index contributed by atoms with van der Waals surface area (Å²) in [6, 6.07) is 0. The highest BCUT2D eigenvalue weighted by Crippen LogP contribution is 2.61. The van der Waals surface area contributed by atoms with Crippen molar-refractivity contribution in [2.75, 3.05) is 0 Å².